The average Bonchev–Trinajstić information content (AvgIpc) is 2.99. The molecule has 1 aromatic heterocycles. The molecule has 1 aliphatic rings. The molecule has 3 rings (SSSR count). The van der Waals surface area contributed by atoms with Crippen LogP contribution >= 0.6 is 0 Å². The van der Waals surface area contributed by atoms with Crippen molar-refractivity contribution in [1.82, 2.24) is 14.8 Å². The van der Waals surface area contributed by atoms with E-state index >= 15 is 0 Å². The number of aromatic nitrogens is 1. The molecule has 2 amide bonds. The largest absolute Gasteiger partial charge is 0.341 e. The molecule has 2 heterocycles. The van der Waals surface area contributed by atoms with Crippen LogP contribution in [0.5, 0.6) is 0 Å². The SMILES string of the molecule is Cc1ccc(C)n1-c1ccc(C(=O)NC(C)C(=O)N2CCS(=O)(=O)CC2)cc1. The van der Waals surface area contributed by atoms with Gasteiger partial charge in [0.1, 0.15) is 6.04 Å². The fraction of sp³-hybridized carbons (Fsp3) is 0.400. The minimum Gasteiger partial charge on any atom is -0.341 e. The molecule has 0 bridgehead atoms. The molecule has 1 unspecified atom stereocenters. The van der Waals surface area contributed by atoms with Crippen molar-refractivity contribution in [3.05, 3.63) is 53.3 Å². The van der Waals surface area contributed by atoms with Gasteiger partial charge in [0.15, 0.2) is 9.84 Å². The summed E-state index contributed by atoms with van der Waals surface area (Å²) in [5.41, 5.74) is 3.65. The summed E-state index contributed by atoms with van der Waals surface area (Å²) in [5.74, 6) is -0.658. The van der Waals surface area contributed by atoms with Gasteiger partial charge in [-0.05, 0) is 57.2 Å². The Balaban J connectivity index is 1.63. The first-order valence-electron chi connectivity index (χ1n) is 9.23. The number of sulfone groups is 1. The molecule has 28 heavy (non-hydrogen) atoms. The lowest BCUT2D eigenvalue weighted by molar-refractivity contribution is -0.132. The number of carbonyl (C=O) groups is 2. The molecule has 1 aromatic carbocycles. The third-order valence-corrected chi connectivity index (χ3v) is 6.64. The molecule has 1 atom stereocenters. The molecular weight excluding hydrogens is 378 g/mol. The Hall–Kier alpha value is -2.61. The predicted octanol–water partition coefficient (Wildman–Crippen LogP) is 1.47. The van der Waals surface area contributed by atoms with E-state index in [9.17, 15) is 18.0 Å². The summed E-state index contributed by atoms with van der Waals surface area (Å²) in [6.07, 6.45) is 0. The summed E-state index contributed by atoms with van der Waals surface area (Å²) in [6.45, 7) is 6.00. The molecule has 0 saturated carbocycles. The number of hydrogen-bond acceptors (Lipinski definition) is 4. The van der Waals surface area contributed by atoms with E-state index in [2.05, 4.69) is 9.88 Å². The average molecular weight is 404 g/mol. The molecule has 1 N–H and O–H groups in total. The van der Waals surface area contributed by atoms with Crippen LogP contribution in [0, 0.1) is 13.8 Å². The highest BCUT2D eigenvalue weighted by Gasteiger charge is 2.28. The fourth-order valence-corrected chi connectivity index (χ4v) is 4.59. The van der Waals surface area contributed by atoms with E-state index in [4.69, 9.17) is 0 Å². The number of rotatable bonds is 4. The minimum atomic E-state index is -3.05. The lowest BCUT2D eigenvalue weighted by atomic mass is 10.1. The van der Waals surface area contributed by atoms with Crippen molar-refractivity contribution in [2.75, 3.05) is 24.6 Å². The van der Waals surface area contributed by atoms with Crippen molar-refractivity contribution in [1.29, 1.82) is 0 Å². The Morgan fingerprint density at radius 3 is 2.04 bits per heavy atom. The van der Waals surface area contributed by atoms with E-state index in [0.717, 1.165) is 17.1 Å². The Kier molecular flexibility index (Phi) is 5.60. The second kappa shape index (κ2) is 7.79. The second-order valence-electron chi connectivity index (χ2n) is 7.17. The van der Waals surface area contributed by atoms with Gasteiger partial charge in [0.2, 0.25) is 5.91 Å². The topological polar surface area (TPSA) is 88.5 Å². The zero-order chi connectivity index (χ0) is 20.5. The van der Waals surface area contributed by atoms with E-state index in [-0.39, 0.29) is 36.4 Å². The quantitative estimate of drug-likeness (QED) is 0.837. The van der Waals surface area contributed by atoms with Crippen LogP contribution in [-0.4, -0.2) is 60.3 Å². The van der Waals surface area contributed by atoms with Crippen LogP contribution in [0.4, 0.5) is 0 Å². The van der Waals surface area contributed by atoms with Crippen molar-refractivity contribution in [2.24, 2.45) is 0 Å². The molecular formula is C20H25N3O4S. The standard InChI is InChI=1S/C20H25N3O4S/c1-14-4-5-15(2)23(14)18-8-6-17(7-9-18)19(24)21-16(3)20(25)22-10-12-28(26,27)13-11-22/h4-9,16H,10-13H2,1-3H3,(H,21,24). The number of nitrogens with one attached hydrogen (secondary N) is 1. The number of aryl methyl sites for hydroxylation is 2. The van der Waals surface area contributed by atoms with Crippen LogP contribution in [-0.2, 0) is 14.6 Å². The van der Waals surface area contributed by atoms with Gasteiger partial charge in [0.25, 0.3) is 5.91 Å². The molecule has 7 nitrogen and oxygen atoms in total. The van der Waals surface area contributed by atoms with Gasteiger partial charge < -0.3 is 14.8 Å². The number of carbonyl (C=O) groups excluding carboxylic acids is 2. The van der Waals surface area contributed by atoms with Gasteiger partial charge in [-0.2, -0.15) is 0 Å². The van der Waals surface area contributed by atoms with Crippen molar-refractivity contribution in [3.8, 4) is 5.69 Å². The van der Waals surface area contributed by atoms with Gasteiger partial charge in [-0.25, -0.2) is 8.42 Å². The highest BCUT2D eigenvalue weighted by atomic mass is 32.2. The lowest BCUT2D eigenvalue weighted by Crippen LogP contribution is -2.51. The molecule has 2 aromatic rings. The van der Waals surface area contributed by atoms with E-state index in [1.807, 2.05) is 38.1 Å². The summed E-state index contributed by atoms with van der Waals surface area (Å²) in [5, 5.41) is 2.70. The normalized spacial score (nSPS) is 17.2. The molecule has 0 aliphatic carbocycles. The van der Waals surface area contributed by atoms with Gasteiger partial charge in [-0.15, -0.1) is 0 Å². The maximum Gasteiger partial charge on any atom is 0.251 e. The number of benzene rings is 1. The predicted molar refractivity (Wildman–Crippen MR) is 107 cm³/mol. The first-order chi connectivity index (χ1) is 13.2. The smallest absolute Gasteiger partial charge is 0.251 e. The Labute approximate surface area is 165 Å². The van der Waals surface area contributed by atoms with Crippen LogP contribution in [0.3, 0.4) is 0 Å². The Morgan fingerprint density at radius 1 is 0.964 bits per heavy atom. The van der Waals surface area contributed by atoms with Crippen LogP contribution in [0.1, 0.15) is 28.7 Å². The first-order valence-corrected chi connectivity index (χ1v) is 11.1. The Bertz CT molecular complexity index is 959. The van der Waals surface area contributed by atoms with Crippen LogP contribution in [0.25, 0.3) is 5.69 Å². The molecule has 150 valence electrons. The van der Waals surface area contributed by atoms with Gasteiger partial charge >= 0.3 is 0 Å². The van der Waals surface area contributed by atoms with Crippen LogP contribution < -0.4 is 5.32 Å². The van der Waals surface area contributed by atoms with E-state index < -0.39 is 15.9 Å². The zero-order valence-electron chi connectivity index (χ0n) is 16.3. The maximum atomic E-state index is 12.5. The number of amides is 2. The molecule has 8 heteroatoms. The second-order valence-corrected chi connectivity index (χ2v) is 9.47. The highest BCUT2D eigenvalue weighted by Crippen LogP contribution is 2.17. The highest BCUT2D eigenvalue weighted by molar-refractivity contribution is 7.91. The van der Waals surface area contributed by atoms with E-state index in [1.165, 1.54) is 4.90 Å². The fourth-order valence-electron chi connectivity index (χ4n) is 3.39. The van der Waals surface area contributed by atoms with Gasteiger partial charge in [-0.3, -0.25) is 9.59 Å². The monoisotopic (exact) mass is 403 g/mol. The Morgan fingerprint density at radius 2 is 1.50 bits per heavy atom. The molecule has 0 spiro atoms. The molecule has 0 radical (unpaired) electrons. The summed E-state index contributed by atoms with van der Waals surface area (Å²) in [6, 6.07) is 10.6. The summed E-state index contributed by atoms with van der Waals surface area (Å²) < 4.78 is 25.1. The van der Waals surface area contributed by atoms with Crippen molar-refractivity contribution < 1.29 is 18.0 Å². The van der Waals surface area contributed by atoms with Crippen LogP contribution in [0.15, 0.2) is 36.4 Å². The lowest BCUT2D eigenvalue weighted by Gasteiger charge is -2.29. The summed E-state index contributed by atoms with van der Waals surface area (Å²) in [4.78, 5) is 26.5. The molecule has 1 aliphatic heterocycles. The summed E-state index contributed by atoms with van der Waals surface area (Å²) in [7, 11) is -3.05. The number of nitrogens with zero attached hydrogens (tertiary/aromatic N) is 2. The first kappa shape index (κ1) is 20.1. The third-order valence-electron chi connectivity index (χ3n) is 5.03. The van der Waals surface area contributed by atoms with Gasteiger partial charge in [0, 0.05) is 35.7 Å². The zero-order valence-corrected chi connectivity index (χ0v) is 17.1. The summed E-state index contributed by atoms with van der Waals surface area (Å²) >= 11 is 0. The van der Waals surface area contributed by atoms with Crippen molar-refractivity contribution in [3.63, 3.8) is 0 Å². The third kappa shape index (κ3) is 4.27. The maximum absolute atomic E-state index is 12.5. The van der Waals surface area contributed by atoms with Gasteiger partial charge in [0.05, 0.1) is 11.5 Å². The van der Waals surface area contributed by atoms with E-state index in [1.54, 1.807) is 19.1 Å². The molecule has 1 fully saturated rings. The number of hydrogen-bond donors (Lipinski definition) is 1. The van der Waals surface area contributed by atoms with Crippen LogP contribution in [0.2, 0.25) is 0 Å². The van der Waals surface area contributed by atoms with Crippen molar-refractivity contribution >= 4 is 21.7 Å². The minimum absolute atomic E-state index is 0.0287. The van der Waals surface area contributed by atoms with E-state index in [0.29, 0.717) is 5.56 Å². The molecule has 1 saturated heterocycles. The van der Waals surface area contributed by atoms with Gasteiger partial charge in [-0.1, -0.05) is 0 Å². The van der Waals surface area contributed by atoms with Crippen molar-refractivity contribution in [2.45, 2.75) is 26.8 Å².